The zero-order chi connectivity index (χ0) is 24.3. The van der Waals surface area contributed by atoms with Crippen LogP contribution in [0.15, 0.2) is 48.5 Å². The van der Waals surface area contributed by atoms with Gasteiger partial charge in [-0.15, -0.1) is 0 Å². The number of methoxy groups -OCH3 is 1. The number of rotatable bonds is 8. The zero-order valence-electron chi connectivity index (χ0n) is 20.2. The van der Waals surface area contributed by atoms with E-state index in [1.165, 1.54) is 22.6 Å². The van der Waals surface area contributed by atoms with Gasteiger partial charge >= 0.3 is 6.03 Å². The summed E-state index contributed by atoms with van der Waals surface area (Å²) in [7, 11) is 1.68. The van der Waals surface area contributed by atoms with Crippen molar-refractivity contribution < 1.29 is 18.7 Å². The second-order valence-electron chi connectivity index (χ2n) is 9.70. The average Bonchev–Trinajstić information content (AvgIpc) is 3.08. The lowest BCUT2D eigenvalue weighted by Gasteiger charge is -2.41. The summed E-state index contributed by atoms with van der Waals surface area (Å²) in [6.07, 6.45) is 3.80. The van der Waals surface area contributed by atoms with Gasteiger partial charge in [-0.1, -0.05) is 24.3 Å². The predicted molar refractivity (Wildman–Crippen MR) is 129 cm³/mol. The van der Waals surface area contributed by atoms with Crippen LogP contribution in [0.2, 0.25) is 0 Å². The van der Waals surface area contributed by atoms with E-state index >= 15 is 0 Å². The van der Waals surface area contributed by atoms with Crippen LogP contribution >= 0.6 is 0 Å². The van der Waals surface area contributed by atoms with Gasteiger partial charge < -0.3 is 15.0 Å². The van der Waals surface area contributed by atoms with Crippen LogP contribution in [0.3, 0.4) is 0 Å². The van der Waals surface area contributed by atoms with Gasteiger partial charge in [0, 0.05) is 6.04 Å². The molecule has 2 atom stereocenters. The molecule has 3 amide bonds. The first-order valence-corrected chi connectivity index (χ1v) is 12.1. The van der Waals surface area contributed by atoms with Gasteiger partial charge in [0.1, 0.15) is 17.1 Å². The van der Waals surface area contributed by atoms with Crippen LogP contribution in [0.5, 0.6) is 5.75 Å². The van der Waals surface area contributed by atoms with Gasteiger partial charge in [0.2, 0.25) is 0 Å². The highest BCUT2D eigenvalue weighted by molar-refractivity contribution is 6.06. The van der Waals surface area contributed by atoms with Crippen molar-refractivity contribution in [3.8, 4) is 5.75 Å². The molecule has 0 radical (unpaired) electrons. The number of likely N-dealkylation sites (tertiary alicyclic amines) is 1. The Bertz CT molecular complexity index is 1000. The first-order chi connectivity index (χ1) is 16.3. The van der Waals surface area contributed by atoms with Crippen LogP contribution in [0, 0.1) is 11.7 Å². The third-order valence-corrected chi connectivity index (χ3v) is 7.53. The maximum absolute atomic E-state index is 13.3. The molecule has 0 aliphatic carbocycles. The molecule has 6 nitrogen and oxygen atoms in total. The van der Waals surface area contributed by atoms with E-state index in [4.69, 9.17) is 4.74 Å². The SMILES string of the molecule is COc1ccc(CCC(C)N2CCC(C3(C)NC(=O)N(Cc4ccc(F)cc4)C3=O)CC2)cc1. The third kappa shape index (κ3) is 5.09. The van der Waals surface area contributed by atoms with E-state index in [1.807, 2.05) is 19.1 Å². The summed E-state index contributed by atoms with van der Waals surface area (Å²) in [5.41, 5.74) is 1.14. The van der Waals surface area contributed by atoms with Gasteiger partial charge in [-0.3, -0.25) is 9.69 Å². The number of nitrogens with zero attached hydrogens (tertiary/aromatic N) is 2. The third-order valence-electron chi connectivity index (χ3n) is 7.53. The number of urea groups is 1. The van der Waals surface area contributed by atoms with Gasteiger partial charge in [0.05, 0.1) is 13.7 Å². The van der Waals surface area contributed by atoms with Crippen molar-refractivity contribution in [2.45, 2.75) is 57.7 Å². The van der Waals surface area contributed by atoms with E-state index in [0.717, 1.165) is 50.1 Å². The summed E-state index contributed by atoms with van der Waals surface area (Å²) in [4.78, 5) is 29.7. The van der Waals surface area contributed by atoms with E-state index in [-0.39, 0.29) is 30.2 Å². The van der Waals surface area contributed by atoms with Crippen LogP contribution in [0.1, 0.15) is 44.2 Å². The van der Waals surface area contributed by atoms with E-state index in [2.05, 4.69) is 29.3 Å². The van der Waals surface area contributed by atoms with E-state index in [9.17, 15) is 14.0 Å². The van der Waals surface area contributed by atoms with Crippen molar-refractivity contribution in [1.82, 2.24) is 15.1 Å². The average molecular weight is 468 g/mol. The molecule has 4 rings (SSSR count). The summed E-state index contributed by atoms with van der Waals surface area (Å²) in [6.45, 7) is 6.09. The number of carbonyl (C=O) groups excluding carboxylic acids is 2. The minimum atomic E-state index is -0.893. The standard InChI is InChI=1S/C27H34FN3O3/c1-19(4-5-20-8-12-24(34-3)13-9-20)30-16-14-22(15-17-30)27(2)25(32)31(26(33)29-27)18-21-6-10-23(28)11-7-21/h6-13,19,22H,4-5,14-18H2,1-3H3,(H,29,33). The molecule has 0 bridgehead atoms. The van der Waals surface area contributed by atoms with Crippen LogP contribution in [0.25, 0.3) is 0 Å². The van der Waals surface area contributed by atoms with E-state index in [0.29, 0.717) is 6.04 Å². The number of halogens is 1. The minimum Gasteiger partial charge on any atom is -0.497 e. The molecule has 0 saturated carbocycles. The number of nitrogens with one attached hydrogen (secondary N) is 1. The summed E-state index contributed by atoms with van der Waals surface area (Å²) < 4.78 is 18.4. The smallest absolute Gasteiger partial charge is 0.325 e. The van der Waals surface area contributed by atoms with Crippen LogP contribution < -0.4 is 10.1 Å². The van der Waals surface area contributed by atoms with Crippen molar-refractivity contribution in [2.24, 2.45) is 5.92 Å². The number of hydrogen-bond acceptors (Lipinski definition) is 4. The summed E-state index contributed by atoms with van der Waals surface area (Å²) in [5, 5.41) is 2.97. The molecule has 2 aliphatic rings. The Hall–Kier alpha value is -2.93. The maximum Gasteiger partial charge on any atom is 0.325 e. The van der Waals surface area contributed by atoms with Crippen LogP contribution in [-0.4, -0.2) is 53.5 Å². The van der Waals surface area contributed by atoms with Gasteiger partial charge in [-0.25, -0.2) is 9.18 Å². The Labute approximate surface area is 201 Å². The number of imide groups is 1. The molecule has 7 heteroatoms. The topological polar surface area (TPSA) is 61.9 Å². The lowest BCUT2D eigenvalue weighted by molar-refractivity contribution is -0.133. The summed E-state index contributed by atoms with van der Waals surface area (Å²) in [5.74, 6) is 0.438. The largest absolute Gasteiger partial charge is 0.497 e. The number of amides is 3. The highest BCUT2D eigenvalue weighted by atomic mass is 19.1. The highest BCUT2D eigenvalue weighted by Gasteiger charge is 2.52. The molecule has 2 aromatic rings. The number of aryl methyl sites for hydroxylation is 1. The van der Waals surface area contributed by atoms with Crippen molar-refractivity contribution >= 4 is 11.9 Å². The second-order valence-corrected chi connectivity index (χ2v) is 9.70. The fraction of sp³-hybridized carbons (Fsp3) is 0.481. The molecule has 2 aromatic carbocycles. The quantitative estimate of drug-likeness (QED) is 0.586. The zero-order valence-corrected chi connectivity index (χ0v) is 20.2. The molecule has 2 fully saturated rings. The highest BCUT2D eigenvalue weighted by Crippen LogP contribution is 2.34. The van der Waals surface area contributed by atoms with Gasteiger partial charge in [0.25, 0.3) is 5.91 Å². The fourth-order valence-corrected chi connectivity index (χ4v) is 5.18. The molecule has 2 unspecified atom stereocenters. The first kappa shape index (κ1) is 24.2. The van der Waals surface area contributed by atoms with Gasteiger partial charge in [-0.05, 0) is 93.9 Å². The molecular weight excluding hydrogens is 433 g/mol. The molecule has 2 saturated heterocycles. The molecule has 182 valence electrons. The number of hydrogen-bond donors (Lipinski definition) is 1. The van der Waals surface area contributed by atoms with E-state index < -0.39 is 5.54 Å². The molecule has 2 aliphatic heterocycles. The molecule has 0 aromatic heterocycles. The Morgan fingerprint density at radius 2 is 1.68 bits per heavy atom. The molecule has 34 heavy (non-hydrogen) atoms. The number of ether oxygens (including phenoxy) is 1. The van der Waals surface area contributed by atoms with Crippen molar-refractivity contribution in [2.75, 3.05) is 20.2 Å². The molecule has 0 spiro atoms. The second kappa shape index (κ2) is 10.1. The lowest BCUT2D eigenvalue weighted by Crippen LogP contribution is -2.54. The molecule has 2 heterocycles. The molecular formula is C27H34FN3O3. The lowest BCUT2D eigenvalue weighted by atomic mass is 9.78. The fourth-order valence-electron chi connectivity index (χ4n) is 5.18. The Morgan fingerprint density at radius 1 is 1.06 bits per heavy atom. The monoisotopic (exact) mass is 467 g/mol. The minimum absolute atomic E-state index is 0.0900. The number of carbonyl (C=O) groups is 2. The van der Waals surface area contributed by atoms with Crippen molar-refractivity contribution in [3.63, 3.8) is 0 Å². The van der Waals surface area contributed by atoms with Crippen molar-refractivity contribution in [1.29, 1.82) is 0 Å². The Kier molecular flexibility index (Phi) is 7.22. The Balaban J connectivity index is 1.30. The number of benzene rings is 2. The van der Waals surface area contributed by atoms with Gasteiger partial charge in [0.15, 0.2) is 0 Å². The Morgan fingerprint density at radius 3 is 2.29 bits per heavy atom. The summed E-state index contributed by atoms with van der Waals surface area (Å²) >= 11 is 0. The first-order valence-electron chi connectivity index (χ1n) is 12.1. The maximum atomic E-state index is 13.3. The van der Waals surface area contributed by atoms with Crippen LogP contribution in [-0.2, 0) is 17.8 Å². The van der Waals surface area contributed by atoms with Crippen LogP contribution in [0.4, 0.5) is 9.18 Å². The number of piperidine rings is 1. The normalized spacial score (nSPS) is 22.6. The summed E-state index contributed by atoms with van der Waals surface area (Å²) in [6, 6.07) is 14.2. The van der Waals surface area contributed by atoms with Crippen molar-refractivity contribution in [3.05, 3.63) is 65.5 Å². The van der Waals surface area contributed by atoms with Gasteiger partial charge in [-0.2, -0.15) is 0 Å². The molecule has 1 N–H and O–H groups in total. The van der Waals surface area contributed by atoms with E-state index in [1.54, 1.807) is 19.2 Å². The predicted octanol–water partition coefficient (Wildman–Crippen LogP) is 4.38.